The molecule has 2 aromatic rings. The lowest BCUT2D eigenvalue weighted by Crippen LogP contribution is -2.36. The number of likely N-dealkylation sites (tertiary alicyclic amines) is 1. The summed E-state index contributed by atoms with van der Waals surface area (Å²) in [5.41, 5.74) is 3.41. The zero-order valence-electron chi connectivity index (χ0n) is 18.1. The van der Waals surface area contributed by atoms with E-state index in [1.54, 1.807) is 25.3 Å². The third-order valence-electron chi connectivity index (χ3n) is 6.15. The van der Waals surface area contributed by atoms with E-state index in [1.807, 2.05) is 38.1 Å². The summed E-state index contributed by atoms with van der Waals surface area (Å²) < 4.78 is 11.1. The number of aryl methyl sites for hydroxylation is 2. The molecule has 4 rings (SSSR count). The Kier molecular flexibility index (Phi) is 5.83. The normalized spacial score (nSPS) is 22.9. The molecule has 6 nitrogen and oxygen atoms in total. The Hall–Kier alpha value is -3.12. The molecule has 2 heterocycles. The van der Waals surface area contributed by atoms with E-state index in [0.29, 0.717) is 30.0 Å². The molecule has 0 bridgehead atoms. The Morgan fingerprint density at radius 3 is 2.65 bits per heavy atom. The number of aliphatic hydroxyl groups excluding tert-OH is 1. The minimum absolute atomic E-state index is 0.0968. The number of amides is 1. The van der Waals surface area contributed by atoms with Gasteiger partial charge in [-0.25, -0.2) is 0 Å². The molecule has 2 fully saturated rings. The van der Waals surface area contributed by atoms with E-state index in [2.05, 4.69) is 0 Å². The lowest BCUT2D eigenvalue weighted by molar-refractivity contribution is -0.140. The van der Waals surface area contributed by atoms with Crippen molar-refractivity contribution in [3.05, 3.63) is 70.3 Å². The number of aliphatic hydroxyl groups is 1. The first-order valence-electron chi connectivity index (χ1n) is 10.5. The van der Waals surface area contributed by atoms with Crippen LogP contribution in [0.25, 0.3) is 5.76 Å². The van der Waals surface area contributed by atoms with E-state index in [-0.39, 0.29) is 17.4 Å². The number of carbonyl (C=O) groups excluding carboxylic acids is 2. The molecule has 31 heavy (non-hydrogen) atoms. The van der Waals surface area contributed by atoms with Gasteiger partial charge in [-0.05, 0) is 61.6 Å². The summed E-state index contributed by atoms with van der Waals surface area (Å²) in [5, 5.41) is 11.2. The molecule has 6 heteroatoms. The maximum atomic E-state index is 13.1. The molecule has 2 aliphatic rings. The Morgan fingerprint density at radius 2 is 1.97 bits per heavy atom. The maximum Gasteiger partial charge on any atom is 0.295 e. The van der Waals surface area contributed by atoms with Gasteiger partial charge in [-0.2, -0.15) is 0 Å². The van der Waals surface area contributed by atoms with Crippen LogP contribution in [0.5, 0.6) is 5.75 Å². The van der Waals surface area contributed by atoms with Crippen molar-refractivity contribution in [2.24, 2.45) is 0 Å². The van der Waals surface area contributed by atoms with E-state index in [1.165, 1.54) is 4.90 Å². The quantitative estimate of drug-likeness (QED) is 0.450. The highest BCUT2D eigenvalue weighted by Crippen LogP contribution is 2.41. The van der Waals surface area contributed by atoms with Crippen LogP contribution >= 0.6 is 0 Å². The number of carbonyl (C=O) groups is 2. The minimum atomic E-state index is -0.707. The van der Waals surface area contributed by atoms with E-state index < -0.39 is 17.7 Å². The number of Topliss-reactive ketones (excluding diaryl/α,β-unsaturated/α-hetero) is 1. The van der Waals surface area contributed by atoms with Gasteiger partial charge in [0.25, 0.3) is 11.7 Å². The van der Waals surface area contributed by atoms with Crippen LogP contribution in [-0.4, -0.2) is 48.1 Å². The second kappa shape index (κ2) is 8.55. The molecule has 0 saturated carbocycles. The molecule has 0 aromatic heterocycles. The predicted octanol–water partition coefficient (Wildman–Crippen LogP) is 3.91. The molecule has 2 unspecified atom stereocenters. The average Bonchev–Trinajstić information content (AvgIpc) is 3.37. The number of ketones is 1. The highest BCUT2D eigenvalue weighted by Gasteiger charge is 2.47. The SMILES string of the molecule is COc1cccc(C2/C(=C(/O)c3ccc(C)c(C)c3)C(=O)C(=O)N2CC2CCCO2)c1. The first-order chi connectivity index (χ1) is 14.9. The molecule has 2 saturated heterocycles. The highest BCUT2D eigenvalue weighted by molar-refractivity contribution is 6.46. The van der Waals surface area contributed by atoms with Gasteiger partial charge in [0.05, 0.1) is 24.8 Å². The van der Waals surface area contributed by atoms with Crippen molar-refractivity contribution in [3.63, 3.8) is 0 Å². The fourth-order valence-corrected chi connectivity index (χ4v) is 4.28. The third-order valence-corrected chi connectivity index (χ3v) is 6.15. The summed E-state index contributed by atoms with van der Waals surface area (Å²) in [4.78, 5) is 27.7. The molecule has 2 atom stereocenters. The van der Waals surface area contributed by atoms with Crippen molar-refractivity contribution >= 4 is 17.4 Å². The van der Waals surface area contributed by atoms with Gasteiger partial charge < -0.3 is 19.5 Å². The summed E-state index contributed by atoms with van der Waals surface area (Å²) in [5.74, 6) is -0.842. The molecule has 1 amide bonds. The molecular weight excluding hydrogens is 394 g/mol. The Balaban J connectivity index is 1.85. The van der Waals surface area contributed by atoms with Crippen molar-refractivity contribution in [2.75, 3.05) is 20.3 Å². The number of methoxy groups -OCH3 is 1. The van der Waals surface area contributed by atoms with Gasteiger partial charge in [-0.1, -0.05) is 24.3 Å². The summed E-state index contributed by atoms with van der Waals surface area (Å²) in [6.07, 6.45) is 1.65. The molecule has 2 aliphatic heterocycles. The van der Waals surface area contributed by atoms with Gasteiger partial charge in [0, 0.05) is 18.7 Å². The fourth-order valence-electron chi connectivity index (χ4n) is 4.28. The van der Waals surface area contributed by atoms with E-state index >= 15 is 0 Å². The summed E-state index contributed by atoms with van der Waals surface area (Å²) in [7, 11) is 1.57. The maximum absolute atomic E-state index is 13.1. The second-order valence-corrected chi connectivity index (χ2v) is 8.16. The van der Waals surface area contributed by atoms with Crippen molar-refractivity contribution in [1.29, 1.82) is 0 Å². The van der Waals surface area contributed by atoms with E-state index in [4.69, 9.17) is 9.47 Å². The number of rotatable bonds is 5. The Labute approximate surface area is 182 Å². The molecule has 1 N–H and O–H groups in total. The fraction of sp³-hybridized carbons (Fsp3) is 0.360. The van der Waals surface area contributed by atoms with Crippen LogP contribution in [0.15, 0.2) is 48.0 Å². The van der Waals surface area contributed by atoms with Gasteiger partial charge in [0.15, 0.2) is 0 Å². The van der Waals surface area contributed by atoms with Crippen LogP contribution in [0.4, 0.5) is 0 Å². The van der Waals surface area contributed by atoms with Gasteiger partial charge in [-0.15, -0.1) is 0 Å². The molecule has 2 aromatic carbocycles. The molecular formula is C25H27NO5. The van der Waals surface area contributed by atoms with E-state index in [0.717, 1.165) is 24.0 Å². The third kappa shape index (κ3) is 3.95. The minimum Gasteiger partial charge on any atom is -0.507 e. The van der Waals surface area contributed by atoms with Crippen LogP contribution in [-0.2, 0) is 14.3 Å². The standard InChI is InChI=1S/C25H27NO5/c1-15-9-10-18(12-16(15)2)23(27)21-22(17-6-4-7-19(13-17)30-3)26(25(29)24(21)28)14-20-8-5-11-31-20/h4,6-7,9-10,12-13,20,22,27H,5,8,11,14H2,1-3H3/b23-21-. The van der Waals surface area contributed by atoms with E-state index in [9.17, 15) is 14.7 Å². The molecule has 0 radical (unpaired) electrons. The van der Waals surface area contributed by atoms with Crippen molar-refractivity contribution in [2.45, 2.75) is 38.8 Å². The number of benzene rings is 2. The Morgan fingerprint density at radius 1 is 1.16 bits per heavy atom. The Bertz CT molecular complexity index is 1050. The lowest BCUT2D eigenvalue weighted by Gasteiger charge is -2.27. The van der Waals surface area contributed by atoms with Gasteiger partial charge >= 0.3 is 0 Å². The molecule has 162 valence electrons. The first-order valence-corrected chi connectivity index (χ1v) is 10.5. The van der Waals surface area contributed by atoms with Crippen molar-refractivity contribution in [1.82, 2.24) is 4.90 Å². The summed E-state index contributed by atoms with van der Waals surface area (Å²) >= 11 is 0. The van der Waals surface area contributed by atoms with Crippen LogP contribution in [0.3, 0.4) is 0 Å². The zero-order chi connectivity index (χ0) is 22.1. The second-order valence-electron chi connectivity index (χ2n) is 8.16. The van der Waals surface area contributed by atoms with Gasteiger partial charge in [-0.3, -0.25) is 9.59 Å². The monoisotopic (exact) mass is 421 g/mol. The largest absolute Gasteiger partial charge is 0.507 e. The number of ether oxygens (including phenoxy) is 2. The zero-order valence-corrected chi connectivity index (χ0v) is 18.1. The average molecular weight is 421 g/mol. The smallest absolute Gasteiger partial charge is 0.295 e. The first kappa shape index (κ1) is 21.1. The molecule has 0 spiro atoms. The summed E-state index contributed by atoms with van der Waals surface area (Å²) in [6, 6.07) is 12.1. The van der Waals surface area contributed by atoms with Gasteiger partial charge in [0.2, 0.25) is 0 Å². The number of nitrogens with zero attached hydrogens (tertiary/aromatic N) is 1. The van der Waals surface area contributed by atoms with Crippen LogP contribution in [0.1, 0.15) is 41.1 Å². The van der Waals surface area contributed by atoms with Crippen LogP contribution in [0, 0.1) is 13.8 Å². The number of hydrogen-bond acceptors (Lipinski definition) is 5. The van der Waals surface area contributed by atoms with Gasteiger partial charge in [0.1, 0.15) is 11.5 Å². The highest BCUT2D eigenvalue weighted by atomic mass is 16.5. The van der Waals surface area contributed by atoms with Crippen molar-refractivity contribution in [3.8, 4) is 5.75 Å². The van der Waals surface area contributed by atoms with Crippen LogP contribution < -0.4 is 4.74 Å². The lowest BCUT2D eigenvalue weighted by atomic mass is 9.94. The molecule has 0 aliphatic carbocycles. The predicted molar refractivity (Wildman–Crippen MR) is 117 cm³/mol. The topological polar surface area (TPSA) is 76.1 Å². The summed E-state index contributed by atoms with van der Waals surface area (Å²) in [6.45, 7) is 4.88. The number of hydrogen-bond donors (Lipinski definition) is 1. The van der Waals surface area contributed by atoms with Crippen molar-refractivity contribution < 1.29 is 24.2 Å². The van der Waals surface area contributed by atoms with Crippen LogP contribution in [0.2, 0.25) is 0 Å².